The van der Waals surface area contributed by atoms with E-state index in [-0.39, 0.29) is 4.90 Å². The summed E-state index contributed by atoms with van der Waals surface area (Å²) in [7, 11) is -3.56. The van der Waals surface area contributed by atoms with Crippen molar-refractivity contribution >= 4 is 16.0 Å². The summed E-state index contributed by atoms with van der Waals surface area (Å²) >= 11 is 0. The zero-order valence-corrected chi connectivity index (χ0v) is 14.2. The van der Waals surface area contributed by atoms with E-state index in [0.717, 1.165) is 0 Å². The average Bonchev–Trinajstić information content (AvgIpc) is 2.39. The monoisotopic (exact) mass is 314 g/mol. The Morgan fingerprint density at radius 3 is 2.05 bits per heavy atom. The minimum absolute atomic E-state index is 0.0930. The van der Waals surface area contributed by atoms with E-state index < -0.39 is 10.0 Å². The molecule has 120 valence electrons. The van der Waals surface area contributed by atoms with E-state index in [2.05, 4.69) is 47.7 Å². The van der Waals surface area contributed by atoms with Crippen LogP contribution in [0.5, 0.6) is 0 Å². The maximum Gasteiger partial charge on any atom is 0.243 e. The van der Waals surface area contributed by atoms with Crippen molar-refractivity contribution in [3.05, 3.63) is 12.4 Å². The van der Waals surface area contributed by atoms with E-state index in [0.29, 0.717) is 36.8 Å². The lowest BCUT2D eigenvalue weighted by molar-refractivity contribution is 0.289. The molecule has 0 aliphatic rings. The van der Waals surface area contributed by atoms with Crippen molar-refractivity contribution in [1.82, 2.24) is 14.7 Å². The number of aromatic nitrogens is 2. The lowest BCUT2D eigenvalue weighted by Crippen LogP contribution is -2.34. The van der Waals surface area contributed by atoms with Crippen molar-refractivity contribution < 1.29 is 8.42 Å². The molecular weight excluding hydrogens is 288 g/mol. The quantitative estimate of drug-likeness (QED) is 0.768. The molecule has 1 aromatic heterocycles. The number of nitrogens with one attached hydrogen (secondary N) is 2. The molecule has 0 fully saturated rings. The predicted molar refractivity (Wildman–Crippen MR) is 84.6 cm³/mol. The van der Waals surface area contributed by atoms with Crippen molar-refractivity contribution in [3.63, 3.8) is 0 Å². The fraction of sp³-hybridized carbons (Fsp3) is 0.714. The number of nitrogens with zero attached hydrogens (tertiary/aromatic N) is 2. The third kappa shape index (κ3) is 5.24. The Labute approximate surface area is 127 Å². The zero-order valence-electron chi connectivity index (χ0n) is 13.4. The van der Waals surface area contributed by atoms with E-state index in [9.17, 15) is 8.42 Å². The van der Waals surface area contributed by atoms with Gasteiger partial charge in [0.1, 0.15) is 4.90 Å². The van der Waals surface area contributed by atoms with Gasteiger partial charge in [0.25, 0.3) is 0 Å². The molecule has 6 nitrogen and oxygen atoms in total. The van der Waals surface area contributed by atoms with Crippen LogP contribution in [-0.4, -0.2) is 31.5 Å². The van der Waals surface area contributed by atoms with Gasteiger partial charge in [-0.1, -0.05) is 27.7 Å². The van der Waals surface area contributed by atoms with Gasteiger partial charge in [-0.15, -0.1) is 0 Å². The molecule has 0 amide bonds. The SMILES string of the molecule is CCNc1ncc(S(=O)(=O)NCC(C(C)C)C(C)C)cn1. The molecule has 0 radical (unpaired) electrons. The van der Waals surface area contributed by atoms with Crippen molar-refractivity contribution in [1.29, 1.82) is 0 Å². The molecule has 0 bridgehead atoms. The van der Waals surface area contributed by atoms with Crippen molar-refractivity contribution in [2.24, 2.45) is 17.8 Å². The maximum absolute atomic E-state index is 12.2. The van der Waals surface area contributed by atoms with Gasteiger partial charge in [0, 0.05) is 13.1 Å². The molecule has 2 N–H and O–H groups in total. The van der Waals surface area contributed by atoms with Gasteiger partial charge in [-0.3, -0.25) is 0 Å². The van der Waals surface area contributed by atoms with Crippen LogP contribution in [0.1, 0.15) is 34.6 Å². The number of hydrogen-bond acceptors (Lipinski definition) is 5. The Hall–Kier alpha value is -1.21. The number of anilines is 1. The first-order valence-electron chi connectivity index (χ1n) is 7.33. The maximum atomic E-state index is 12.2. The smallest absolute Gasteiger partial charge is 0.243 e. The molecular formula is C14H26N4O2S. The van der Waals surface area contributed by atoms with E-state index in [4.69, 9.17) is 0 Å². The van der Waals surface area contributed by atoms with E-state index in [1.165, 1.54) is 12.4 Å². The Balaban J connectivity index is 2.77. The van der Waals surface area contributed by atoms with Crippen LogP contribution < -0.4 is 10.0 Å². The number of sulfonamides is 1. The Bertz CT molecular complexity index is 518. The first-order valence-corrected chi connectivity index (χ1v) is 8.81. The third-order valence-electron chi connectivity index (χ3n) is 3.50. The van der Waals surface area contributed by atoms with Crippen molar-refractivity contribution in [2.45, 2.75) is 39.5 Å². The van der Waals surface area contributed by atoms with Gasteiger partial charge >= 0.3 is 0 Å². The molecule has 0 saturated heterocycles. The minimum atomic E-state index is -3.56. The van der Waals surface area contributed by atoms with Crippen LogP contribution in [0.2, 0.25) is 0 Å². The summed E-state index contributed by atoms with van der Waals surface area (Å²) < 4.78 is 27.1. The average molecular weight is 314 g/mol. The largest absolute Gasteiger partial charge is 0.355 e. The normalized spacial score (nSPS) is 12.4. The van der Waals surface area contributed by atoms with Gasteiger partial charge in [0.15, 0.2) is 0 Å². The fourth-order valence-electron chi connectivity index (χ4n) is 2.23. The van der Waals surface area contributed by atoms with E-state index in [1.54, 1.807) is 0 Å². The summed E-state index contributed by atoms with van der Waals surface area (Å²) in [5.74, 6) is 1.56. The first kappa shape index (κ1) is 17.8. The molecule has 0 aromatic carbocycles. The summed E-state index contributed by atoms with van der Waals surface area (Å²) in [6.07, 6.45) is 2.65. The highest BCUT2D eigenvalue weighted by Gasteiger charge is 2.22. The molecule has 0 aliphatic carbocycles. The summed E-state index contributed by atoms with van der Waals surface area (Å²) in [4.78, 5) is 8.07. The van der Waals surface area contributed by atoms with Gasteiger partial charge in [-0.05, 0) is 24.7 Å². The van der Waals surface area contributed by atoms with E-state index in [1.807, 2.05) is 6.92 Å². The van der Waals surface area contributed by atoms with E-state index >= 15 is 0 Å². The van der Waals surface area contributed by atoms with Gasteiger partial charge in [0.05, 0.1) is 12.4 Å². The Morgan fingerprint density at radius 2 is 1.62 bits per heavy atom. The van der Waals surface area contributed by atoms with Gasteiger partial charge in [-0.2, -0.15) is 0 Å². The second kappa shape index (κ2) is 7.70. The molecule has 1 aromatic rings. The third-order valence-corrected chi connectivity index (χ3v) is 4.87. The van der Waals surface area contributed by atoms with Crippen LogP contribution in [0.3, 0.4) is 0 Å². The lowest BCUT2D eigenvalue weighted by atomic mass is 9.86. The van der Waals surface area contributed by atoms with Crippen LogP contribution in [0.25, 0.3) is 0 Å². The van der Waals surface area contributed by atoms with Crippen LogP contribution in [0.4, 0.5) is 5.95 Å². The Morgan fingerprint density at radius 1 is 1.10 bits per heavy atom. The zero-order chi connectivity index (χ0) is 16.0. The van der Waals surface area contributed by atoms with Crippen LogP contribution in [0, 0.1) is 17.8 Å². The minimum Gasteiger partial charge on any atom is -0.355 e. The highest BCUT2D eigenvalue weighted by molar-refractivity contribution is 7.89. The van der Waals surface area contributed by atoms with Crippen LogP contribution >= 0.6 is 0 Å². The number of rotatable bonds is 8. The molecule has 0 aliphatic heterocycles. The highest BCUT2D eigenvalue weighted by atomic mass is 32.2. The second-order valence-corrected chi connectivity index (χ2v) is 7.54. The molecule has 0 saturated carbocycles. The number of hydrogen-bond donors (Lipinski definition) is 2. The van der Waals surface area contributed by atoms with Crippen molar-refractivity contribution in [3.8, 4) is 0 Å². The molecule has 0 spiro atoms. The standard InChI is InChI=1S/C14H26N4O2S/c1-6-15-14-16-7-12(8-17-14)21(19,20)18-9-13(10(2)3)11(4)5/h7-8,10-11,13,18H,6,9H2,1-5H3,(H,15,16,17). The van der Waals surface area contributed by atoms with Crippen LogP contribution in [-0.2, 0) is 10.0 Å². The molecule has 1 heterocycles. The lowest BCUT2D eigenvalue weighted by Gasteiger charge is -2.24. The topological polar surface area (TPSA) is 84.0 Å². The molecule has 1 rings (SSSR count). The summed E-state index contributed by atoms with van der Waals surface area (Å²) in [5, 5.41) is 2.93. The summed E-state index contributed by atoms with van der Waals surface area (Å²) in [5.41, 5.74) is 0. The molecule has 0 atom stereocenters. The Kier molecular flexibility index (Phi) is 6.54. The van der Waals surface area contributed by atoms with Crippen molar-refractivity contribution in [2.75, 3.05) is 18.4 Å². The predicted octanol–water partition coefficient (Wildman–Crippen LogP) is 2.11. The highest BCUT2D eigenvalue weighted by Crippen LogP contribution is 2.20. The summed E-state index contributed by atoms with van der Waals surface area (Å²) in [6, 6.07) is 0. The summed E-state index contributed by atoms with van der Waals surface area (Å²) in [6.45, 7) is 11.5. The second-order valence-electron chi connectivity index (χ2n) is 5.78. The van der Waals surface area contributed by atoms with Gasteiger partial charge < -0.3 is 5.32 Å². The molecule has 7 heteroatoms. The first-order chi connectivity index (χ1) is 9.77. The van der Waals surface area contributed by atoms with Crippen LogP contribution in [0.15, 0.2) is 17.3 Å². The van der Waals surface area contributed by atoms with Gasteiger partial charge in [0.2, 0.25) is 16.0 Å². The molecule has 21 heavy (non-hydrogen) atoms. The van der Waals surface area contributed by atoms with Gasteiger partial charge in [-0.25, -0.2) is 23.1 Å². The molecule has 0 unspecified atom stereocenters. The fourth-order valence-corrected chi connectivity index (χ4v) is 3.20.